The lowest BCUT2D eigenvalue weighted by atomic mass is 10.00. The first-order valence-electron chi connectivity index (χ1n) is 7.11. The van der Waals surface area contributed by atoms with Crippen molar-refractivity contribution in [3.05, 3.63) is 47.9 Å². The lowest BCUT2D eigenvalue weighted by Crippen LogP contribution is -2.34. The van der Waals surface area contributed by atoms with E-state index in [4.69, 9.17) is 0 Å². The van der Waals surface area contributed by atoms with Gasteiger partial charge in [0, 0.05) is 23.9 Å². The number of benzene rings is 1. The van der Waals surface area contributed by atoms with Gasteiger partial charge in [-0.3, -0.25) is 4.79 Å². The van der Waals surface area contributed by atoms with Gasteiger partial charge in [0.2, 0.25) is 0 Å². The highest BCUT2D eigenvalue weighted by Gasteiger charge is 2.42. The largest absolute Gasteiger partial charge is 0.381 e. The maximum Gasteiger partial charge on any atom is 0.270 e. The van der Waals surface area contributed by atoms with Crippen LogP contribution < -0.4 is 0 Å². The number of aromatic nitrogens is 4. The molecule has 112 valence electrons. The van der Waals surface area contributed by atoms with Gasteiger partial charge in [-0.25, -0.2) is 0 Å². The number of amides is 1. The molecule has 0 bridgehead atoms. The molecule has 7 nitrogen and oxygen atoms in total. The number of rotatable bonds is 2. The zero-order chi connectivity index (χ0) is 15.2. The zero-order valence-electron chi connectivity index (χ0n) is 11.8. The molecule has 1 atom stereocenters. The average molecular weight is 297 g/mol. The number of nitrogens with one attached hydrogen (secondary N) is 2. The molecule has 7 heteroatoms. The standard InChI is InChI=1S/C15H15N5O2/c21-14(12-7-10-3-1-2-4-11(10)17-12)20-6-5-15(22,9-20)13-8-16-19-18-13/h1-4,7-8,17,22H,5-6,9H2,(H,16,18,19)/t15-/m1/s1. The number of H-pyrrole nitrogens is 2. The first kappa shape index (κ1) is 13.0. The molecular weight excluding hydrogens is 282 g/mol. The first-order chi connectivity index (χ1) is 10.7. The van der Waals surface area contributed by atoms with E-state index in [0.29, 0.717) is 24.4 Å². The fourth-order valence-corrected chi connectivity index (χ4v) is 2.96. The summed E-state index contributed by atoms with van der Waals surface area (Å²) in [6.45, 7) is 0.700. The van der Waals surface area contributed by atoms with Crippen molar-refractivity contribution in [3.8, 4) is 0 Å². The molecule has 3 N–H and O–H groups in total. The van der Waals surface area contributed by atoms with E-state index in [9.17, 15) is 9.90 Å². The number of nitrogens with zero attached hydrogens (tertiary/aromatic N) is 3. The third-order valence-electron chi connectivity index (χ3n) is 4.19. The predicted octanol–water partition coefficient (Wildman–Crippen LogP) is 1.02. The summed E-state index contributed by atoms with van der Waals surface area (Å²) in [5.74, 6) is -0.115. The molecule has 22 heavy (non-hydrogen) atoms. The van der Waals surface area contributed by atoms with E-state index in [1.807, 2.05) is 30.3 Å². The van der Waals surface area contributed by atoms with Gasteiger partial charge in [-0.2, -0.15) is 15.4 Å². The van der Waals surface area contributed by atoms with Crippen molar-refractivity contribution in [1.29, 1.82) is 0 Å². The van der Waals surface area contributed by atoms with E-state index >= 15 is 0 Å². The highest BCUT2D eigenvalue weighted by molar-refractivity contribution is 5.98. The third kappa shape index (κ3) is 1.98. The molecule has 1 aliphatic heterocycles. The van der Waals surface area contributed by atoms with Crippen molar-refractivity contribution in [2.75, 3.05) is 13.1 Å². The molecule has 0 unspecified atom stereocenters. The minimum absolute atomic E-state index is 0.115. The van der Waals surface area contributed by atoms with Gasteiger partial charge in [0.15, 0.2) is 0 Å². The Hall–Kier alpha value is -2.67. The Bertz CT molecular complexity index is 792. The van der Waals surface area contributed by atoms with E-state index in [1.165, 1.54) is 6.20 Å². The topological polar surface area (TPSA) is 97.9 Å². The van der Waals surface area contributed by atoms with Crippen molar-refractivity contribution >= 4 is 16.8 Å². The van der Waals surface area contributed by atoms with Crippen molar-refractivity contribution < 1.29 is 9.90 Å². The lowest BCUT2D eigenvalue weighted by Gasteiger charge is -2.20. The highest BCUT2D eigenvalue weighted by atomic mass is 16.3. The van der Waals surface area contributed by atoms with Crippen LogP contribution in [-0.4, -0.2) is 49.4 Å². The van der Waals surface area contributed by atoms with Crippen LogP contribution >= 0.6 is 0 Å². The van der Waals surface area contributed by atoms with Crippen LogP contribution in [-0.2, 0) is 5.60 Å². The first-order valence-corrected chi connectivity index (χ1v) is 7.11. The fourth-order valence-electron chi connectivity index (χ4n) is 2.96. The van der Waals surface area contributed by atoms with Crippen LogP contribution in [0.3, 0.4) is 0 Å². The Morgan fingerprint density at radius 2 is 2.23 bits per heavy atom. The molecule has 1 saturated heterocycles. The van der Waals surface area contributed by atoms with Crippen LogP contribution in [0.25, 0.3) is 10.9 Å². The molecule has 1 aromatic carbocycles. The van der Waals surface area contributed by atoms with Crippen molar-refractivity contribution in [1.82, 2.24) is 25.3 Å². The molecule has 0 aliphatic carbocycles. The van der Waals surface area contributed by atoms with Gasteiger partial charge in [-0.15, -0.1) is 0 Å². The number of likely N-dealkylation sites (tertiary alicyclic amines) is 1. The summed E-state index contributed by atoms with van der Waals surface area (Å²) >= 11 is 0. The Kier molecular flexibility index (Phi) is 2.77. The molecule has 1 aliphatic rings. The fraction of sp³-hybridized carbons (Fsp3) is 0.267. The number of aliphatic hydroxyl groups is 1. The Labute approximate surface area is 125 Å². The second kappa shape index (κ2) is 4.67. The van der Waals surface area contributed by atoms with Gasteiger partial charge in [0.05, 0.1) is 12.7 Å². The Morgan fingerprint density at radius 1 is 1.36 bits per heavy atom. The van der Waals surface area contributed by atoms with Gasteiger partial charge in [0.25, 0.3) is 5.91 Å². The number of fused-ring (bicyclic) bond motifs is 1. The van der Waals surface area contributed by atoms with Gasteiger partial charge in [0.1, 0.15) is 17.0 Å². The van der Waals surface area contributed by atoms with Gasteiger partial charge < -0.3 is 15.0 Å². The third-order valence-corrected chi connectivity index (χ3v) is 4.19. The maximum absolute atomic E-state index is 12.6. The summed E-state index contributed by atoms with van der Waals surface area (Å²) < 4.78 is 0. The normalized spacial score (nSPS) is 21.6. The van der Waals surface area contributed by atoms with E-state index in [1.54, 1.807) is 4.90 Å². The number of hydrogen-bond acceptors (Lipinski definition) is 4. The monoisotopic (exact) mass is 297 g/mol. The summed E-state index contributed by atoms with van der Waals surface area (Å²) in [5, 5.41) is 21.8. The maximum atomic E-state index is 12.6. The van der Waals surface area contributed by atoms with Crippen molar-refractivity contribution in [2.45, 2.75) is 12.0 Å². The van der Waals surface area contributed by atoms with E-state index in [-0.39, 0.29) is 12.5 Å². The second-order valence-electron chi connectivity index (χ2n) is 5.63. The number of carbonyl (C=O) groups excluding carboxylic acids is 1. The molecule has 4 rings (SSSR count). The summed E-state index contributed by atoms with van der Waals surface area (Å²) in [6.07, 6.45) is 1.95. The SMILES string of the molecule is O=C(c1cc2ccccc2[nH]1)N1CC[C@](O)(c2cn[nH]n2)C1. The average Bonchev–Trinajstić information content (AvgIpc) is 3.25. The van der Waals surface area contributed by atoms with Crippen LogP contribution in [0.4, 0.5) is 0 Å². The Balaban J connectivity index is 1.59. The predicted molar refractivity (Wildman–Crippen MR) is 79.1 cm³/mol. The Morgan fingerprint density at radius 3 is 3.00 bits per heavy atom. The number of β-amino-alcohol motifs (C(OH)–C–C–N with tert-alkyl or cyclic N) is 1. The van der Waals surface area contributed by atoms with Crippen LogP contribution in [0.15, 0.2) is 36.5 Å². The van der Waals surface area contributed by atoms with Gasteiger partial charge in [-0.1, -0.05) is 18.2 Å². The zero-order valence-corrected chi connectivity index (χ0v) is 11.8. The van der Waals surface area contributed by atoms with Crippen LogP contribution in [0.2, 0.25) is 0 Å². The van der Waals surface area contributed by atoms with Crippen LogP contribution in [0, 0.1) is 0 Å². The summed E-state index contributed by atoms with van der Waals surface area (Å²) in [7, 11) is 0. The quantitative estimate of drug-likeness (QED) is 0.657. The minimum Gasteiger partial charge on any atom is -0.381 e. The number of aromatic amines is 2. The van der Waals surface area contributed by atoms with E-state index in [0.717, 1.165) is 10.9 Å². The lowest BCUT2D eigenvalue weighted by molar-refractivity contribution is 0.0381. The second-order valence-corrected chi connectivity index (χ2v) is 5.63. The number of para-hydroxylation sites is 1. The van der Waals surface area contributed by atoms with E-state index in [2.05, 4.69) is 20.4 Å². The smallest absolute Gasteiger partial charge is 0.270 e. The molecule has 0 saturated carbocycles. The van der Waals surface area contributed by atoms with Crippen LogP contribution in [0.1, 0.15) is 22.6 Å². The van der Waals surface area contributed by atoms with Crippen molar-refractivity contribution in [2.24, 2.45) is 0 Å². The summed E-state index contributed by atoms with van der Waals surface area (Å²) in [5.41, 5.74) is 0.802. The minimum atomic E-state index is -1.13. The highest BCUT2D eigenvalue weighted by Crippen LogP contribution is 2.31. The van der Waals surface area contributed by atoms with Crippen molar-refractivity contribution in [3.63, 3.8) is 0 Å². The molecule has 3 heterocycles. The molecule has 2 aromatic heterocycles. The van der Waals surface area contributed by atoms with Gasteiger partial charge in [-0.05, 0) is 12.1 Å². The molecule has 1 amide bonds. The molecule has 1 fully saturated rings. The summed E-state index contributed by atoms with van der Waals surface area (Å²) in [4.78, 5) is 17.4. The summed E-state index contributed by atoms with van der Waals surface area (Å²) in [6, 6.07) is 9.58. The molecular formula is C15H15N5O2. The van der Waals surface area contributed by atoms with E-state index < -0.39 is 5.60 Å². The molecule has 3 aromatic rings. The van der Waals surface area contributed by atoms with Crippen LogP contribution in [0.5, 0.6) is 0 Å². The number of hydrogen-bond donors (Lipinski definition) is 3. The van der Waals surface area contributed by atoms with Gasteiger partial charge >= 0.3 is 0 Å². The molecule has 0 radical (unpaired) electrons. The number of carbonyl (C=O) groups is 1. The molecule has 0 spiro atoms.